The van der Waals surface area contributed by atoms with E-state index in [1.54, 1.807) is 0 Å². The van der Waals surface area contributed by atoms with E-state index in [1.807, 2.05) is 38.1 Å². The average molecular weight is 263 g/mol. The average Bonchev–Trinajstić information content (AvgIpc) is 3.16. The SMILES string of the molecule is CCOC1CC1C(=O)NCC(O)c1ccccc1C. The number of aliphatic hydroxyl groups is 1. The van der Waals surface area contributed by atoms with Crippen LogP contribution in [0.3, 0.4) is 0 Å². The van der Waals surface area contributed by atoms with Crippen LogP contribution in [0.1, 0.15) is 30.6 Å². The standard InChI is InChI=1S/C15H21NO3/c1-3-19-14-8-12(14)15(18)16-9-13(17)11-7-5-4-6-10(11)2/h4-7,12-14,17H,3,8-9H2,1-2H3,(H,16,18). The van der Waals surface area contributed by atoms with Crippen LogP contribution in [0, 0.1) is 12.8 Å². The minimum atomic E-state index is -0.658. The summed E-state index contributed by atoms with van der Waals surface area (Å²) in [4.78, 5) is 11.8. The van der Waals surface area contributed by atoms with Crippen molar-refractivity contribution in [3.63, 3.8) is 0 Å². The number of hydrogen-bond donors (Lipinski definition) is 2. The van der Waals surface area contributed by atoms with Gasteiger partial charge in [-0.2, -0.15) is 0 Å². The van der Waals surface area contributed by atoms with Gasteiger partial charge in [-0.05, 0) is 31.4 Å². The monoisotopic (exact) mass is 263 g/mol. The minimum Gasteiger partial charge on any atom is -0.387 e. The number of aliphatic hydroxyl groups excluding tert-OH is 1. The van der Waals surface area contributed by atoms with Gasteiger partial charge in [-0.25, -0.2) is 0 Å². The lowest BCUT2D eigenvalue weighted by atomic mass is 10.0. The molecule has 1 fully saturated rings. The third kappa shape index (κ3) is 3.55. The van der Waals surface area contributed by atoms with Crippen molar-refractivity contribution >= 4 is 5.91 Å². The first-order valence-electron chi connectivity index (χ1n) is 6.76. The summed E-state index contributed by atoms with van der Waals surface area (Å²) in [6.45, 7) is 4.76. The van der Waals surface area contributed by atoms with Gasteiger partial charge in [0.1, 0.15) is 0 Å². The third-order valence-electron chi connectivity index (χ3n) is 3.47. The number of rotatable bonds is 6. The first-order valence-corrected chi connectivity index (χ1v) is 6.76. The van der Waals surface area contributed by atoms with Gasteiger partial charge in [0.2, 0.25) is 5.91 Å². The van der Waals surface area contributed by atoms with Crippen molar-refractivity contribution in [3.8, 4) is 0 Å². The summed E-state index contributed by atoms with van der Waals surface area (Å²) < 4.78 is 5.37. The molecule has 1 aromatic carbocycles. The molecule has 0 radical (unpaired) electrons. The van der Waals surface area contributed by atoms with Gasteiger partial charge in [0.05, 0.1) is 18.1 Å². The normalized spacial score (nSPS) is 22.9. The molecule has 2 rings (SSSR count). The van der Waals surface area contributed by atoms with Gasteiger partial charge in [0.25, 0.3) is 0 Å². The van der Waals surface area contributed by atoms with Crippen molar-refractivity contribution in [2.75, 3.05) is 13.2 Å². The Kier molecular flexibility index (Phi) is 4.56. The number of amides is 1. The number of hydrogen-bond acceptors (Lipinski definition) is 3. The van der Waals surface area contributed by atoms with Crippen molar-refractivity contribution in [1.82, 2.24) is 5.32 Å². The number of nitrogens with one attached hydrogen (secondary N) is 1. The van der Waals surface area contributed by atoms with Crippen LogP contribution in [-0.4, -0.2) is 30.3 Å². The highest BCUT2D eigenvalue weighted by Crippen LogP contribution is 2.33. The smallest absolute Gasteiger partial charge is 0.225 e. The molecule has 0 saturated heterocycles. The van der Waals surface area contributed by atoms with Crippen molar-refractivity contribution in [2.24, 2.45) is 5.92 Å². The van der Waals surface area contributed by atoms with Crippen LogP contribution in [0.5, 0.6) is 0 Å². The van der Waals surface area contributed by atoms with E-state index in [0.29, 0.717) is 6.61 Å². The molecule has 0 bridgehead atoms. The summed E-state index contributed by atoms with van der Waals surface area (Å²) in [5, 5.41) is 12.9. The Hall–Kier alpha value is -1.39. The highest BCUT2D eigenvalue weighted by molar-refractivity contribution is 5.82. The number of ether oxygens (including phenoxy) is 1. The highest BCUT2D eigenvalue weighted by Gasteiger charge is 2.43. The second-order valence-corrected chi connectivity index (χ2v) is 4.95. The number of carbonyl (C=O) groups is 1. The van der Waals surface area contributed by atoms with Gasteiger partial charge in [-0.1, -0.05) is 24.3 Å². The Bertz CT molecular complexity index is 447. The van der Waals surface area contributed by atoms with Gasteiger partial charge in [0.15, 0.2) is 0 Å². The zero-order valence-corrected chi connectivity index (χ0v) is 11.4. The van der Waals surface area contributed by atoms with Crippen molar-refractivity contribution in [2.45, 2.75) is 32.5 Å². The van der Waals surface area contributed by atoms with Gasteiger partial charge >= 0.3 is 0 Å². The van der Waals surface area contributed by atoms with Crippen LogP contribution < -0.4 is 5.32 Å². The molecule has 0 heterocycles. The predicted octanol–water partition coefficient (Wildman–Crippen LogP) is 1.57. The summed E-state index contributed by atoms with van der Waals surface area (Å²) >= 11 is 0. The maximum atomic E-state index is 11.8. The first-order chi connectivity index (χ1) is 9.13. The van der Waals surface area contributed by atoms with E-state index < -0.39 is 6.10 Å². The van der Waals surface area contributed by atoms with Crippen LogP contribution >= 0.6 is 0 Å². The zero-order chi connectivity index (χ0) is 13.8. The highest BCUT2D eigenvalue weighted by atomic mass is 16.5. The molecule has 1 aromatic rings. The predicted molar refractivity (Wildman–Crippen MR) is 72.7 cm³/mol. The van der Waals surface area contributed by atoms with Crippen molar-refractivity contribution in [1.29, 1.82) is 0 Å². The lowest BCUT2D eigenvalue weighted by Gasteiger charge is -2.14. The maximum absolute atomic E-state index is 11.8. The maximum Gasteiger partial charge on any atom is 0.225 e. The molecule has 1 saturated carbocycles. The summed E-state index contributed by atoms with van der Waals surface area (Å²) in [6.07, 6.45) is 0.204. The van der Waals surface area contributed by atoms with Gasteiger partial charge in [0, 0.05) is 13.2 Å². The summed E-state index contributed by atoms with van der Waals surface area (Å²) in [5.41, 5.74) is 1.89. The Balaban J connectivity index is 1.80. The molecule has 0 spiro atoms. The second kappa shape index (κ2) is 6.17. The van der Waals surface area contributed by atoms with E-state index in [0.717, 1.165) is 17.5 Å². The van der Waals surface area contributed by atoms with E-state index in [2.05, 4.69) is 5.32 Å². The summed E-state index contributed by atoms with van der Waals surface area (Å²) in [5.74, 6) is -0.0601. The Labute approximate surface area is 113 Å². The van der Waals surface area contributed by atoms with Crippen molar-refractivity contribution < 1.29 is 14.6 Å². The summed E-state index contributed by atoms with van der Waals surface area (Å²) in [7, 11) is 0. The molecule has 4 nitrogen and oxygen atoms in total. The molecule has 3 unspecified atom stereocenters. The van der Waals surface area contributed by atoms with Gasteiger partial charge in [-0.15, -0.1) is 0 Å². The lowest BCUT2D eigenvalue weighted by Crippen LogP contribution is -2.30. The Morgan fingerprint density at radius 3 is 2.95 bits per heavy atom. The van der Waals surface area contributed by atoms with Crippen LogP contribution in [0.25, 0.3) is 0 Å². The molecular weight excluding hydrogens is 242 g/mol. The molecule has 1 aliphatic rings. The van der Waals surface area contributed by atoms with Gasteiger partial charge in [-0.3, -0.25) is 4.79 Å². The largest absolute Gasteiger partial charge is 0.387 e. The Morgan fingerprint density at radius 1 is 1.53 bits per heavy atom. The van der Waals surface area contributed by atoms with E-state index >= 15 is 0 Å². The molecule has 0 aliphatic heterocycles. The fraction of sp³-hybridized carbons (Fsp3) is 0.533. The lowest BCUT2D eigenvalue weighted by molar-refractivity contribution is -0.123. The first kappa shape index (κ1) is 14.0. The molecule has 0 aromatic heterocycles. The molecule has 2 N–H and O–H groups in total. The second-order valence-electron chi connectivity index (χ2n) is 4.95. The number of benzene rings is 1. The minimum absolute atomic E-state index is 0.0221. The molecular formula is C15H21NO3. The van der Waals surface area contributed by atoms with E-state index in [4.69, 9.17) is 4.74 Å². The quantitative estimate of drug-likeness (QED) is 0.819. The molecule has 4 heteroatoms. The zero-order valence-electron chi connectivity index (χ0n) is 11.4. The van der Waals surface area contributed by atoms with Crippen LogP contribution in [0.2, 0.25) is 0 Å². The topological polar surface area (TPSA) is 58.6 Å². The van der Waals surface area contributed by atoms with Gasteiger partial charge < -0.3 is 15.2 Å². The van der Waals surface area contributed by atoms with Crippen molar-refractivity contribution in [3.05, 3.63) is 35.4 Å². The number of carbonyl (C=O) groups excluding carboxylic acids is 1. The Morgan fingerprint density at radius 2 is 2.26 bits per heavy atom. The summed E-state index contributed by atoms with van der Waals surface area (Å²) in [6, 6.07) is 7.65. The van der Waals surface area contributed by atoms with E-state index in [1.165, 1.54) is 0 Å². The molecule has 1 aliphatic carbocycles. The molecule has 3 atom stereocenters. The van der Waals surface area contributed by atoms with Crippen LogP contribution in [-0.2, 0) is 9.53 Å². The van der Waals surface area contributed by atoms with E-state index in [-0.39, 0.29) is 24.5 Å². The molecule has 19 heavy (non-hydrogen) atoms. The fourth-order valence-electron chi connectivity index (χ4n) is 2.24. The number of aryl methyl sites for hydroxylation is 1. The molecule has 1 amide bonds. The molecule has 104 valence electrons. The van der Waals surface area contributed by atoms with Crippen LogP contribution in [0.4, 0.5) is 0 Å². The fourth-order valence-corrected chi connectivity index (χ4v) is 2.24. The van der Waals surface area contributed by atoms with Crippen LogP contribution in [0.15, 0.2) is 24.3 Å². The third-order valence-corrected chi connectivity index (χ3v) is 3.47. The van der Waals surface area contributed by atoms with E-state index in [9.17, 15) is 9.90 Å².